The van der Waals surface area contributed by atoms with Crippen molar-refractivity contribution in [1.29, 1.82) is 0 Å². The third kappa shape index (κ3) is 5.07. The largest absolute Gasteiger partial charge is 0.381 e. The van der Waals surface area contributed by atoms with Gasteiger partial charge in [0.1, 0.15) is 0 Å². The van der Waals surface area contributed by atoms with E-state index in [4.69, 9.17) is 4.74 Å². The van der Waals surface area contributed by atoms with Crippen molar-refractivity contribution in [2.75, 3.05) is 51.8 Å². The molecule has 2 aliphatic heterocycles. The summed E-state index contributed by atoms with van der Waals surface area (Å²) in [6.45, 7) is 9.82. The average Bonchev–Trinajstić information content (AvgIpc) is 2.76. The SMILES string of the molecule is CC1=CC(C)=C(CNC(=O)c2cc(C3CN(C)C3)cc(N(C)C3CCOCC3)c2C)C(=O)C1. The normalized spacial score (nSPS) is 20.5. The van der Waals surface area contributed by atoms with Crippen LogP contribution in [0.3, 0.4) is 0 Å². The predicted molar refractivity (Wildman–Crippen MR) is 132 cm³/mol. The van der Waals surface area contributed by atoms with Gasteiger partial charge in [0.2, 0.25) is 0 Å². The molecule has 6 nitrogen and oxygen atoms in total. The maximum absolute atomic E-state index is 13.4. The molecule has 1 amide bonds. The van der Waals surface area contributed by atoms with E-state index < -0.39 is 0 Å². The van der Waals surface area contributed by atoms with E-state index in [0.717, 1.165) is 61.5 Å². The first-order chi connectivity index (χ1) is 15.7. The lowest BCUT2D eigenvalue weighted by Crippen LogP contribution is -2.42. The number of carbonyl (C=O) groups is 2. The second kappa shape index (κ2) is 9.82. The summed E-state index contributed by atoms with van der Waals surface area (Å²) in [4.78, 5) is 30.5. The molecule has 0 saturated carbocycles. The number of allylic oxidation sites excluding steroid dienone is 3. The van der Waals surface area contributed by atoms with Crippen molar-refractivity contribution in [3.05, 3.63) is 51.6 Å². The molecule has 1 aliphatic carbocycles. The molecule has 33 heavy (non-hydrogen) atoms. The highest BCUT2D eigenvalue weighted by molar-refractivity contribution is 6.02. The van der Waals surface area contributed by atoms with Crippen molar-refractivity contribution < 1.29 is 14.3 Å². The molecule has 6 heteroatoms. The van der Waals surface area contributed by atoms with Gasteiger partial charge in [0, 0.05) is 75.1 Å². The van der Waals surface area contributed by atoms with Gasteiger partial charge in [0.25, 0.3) is 5.91 Å². The molecule has 0 radical (unpaired) electrons. The van der Waals surface area contributed by atoms with Crippen LogP contribution in [0.2, 0.25) is 0 Å². The fourth-order valence-electron chi connectivity index (χ4n) is 5.33. The van der Waals surface area contributed by atoms with E-state index in [-0.39, 0.29) is 18.2 Å². The average molecular weight is 452 g/mol. The summed E-state index contributed by atoms with van der Waals surface area (Å²) in [6, 6.07) is 4.76. The lowest BCUT2D eigenvalue weighted by atomic mass is 9.88. The summed E-state index contributed by atoms with van der Waals surface area (Å²) in [7, 11) is 4.26. The molecule has 0 atom stereocenters. The topological polar surface area (TPSA) is 61.9 Å². The van der Waals surface area contributed by atoms with Gasteiger partial charge in [-0.15, -0.1) is 0 Å². The second-order valence-electron chi connectivity index (χ2n) is 10.0. The van der Waals surface area contributed by atoms with E-state index in [1.54, 1.807) is 0 Å². The lowest BCUT2D eigenvalue weighted by molar-refractivity contribution is -0.115. The minimum Gasteiger partial charge on any atom is -0.381 e. The van der Waals surface area contributed by atoms with E-state index in [1.165, 1.54) is 5.56 Å². The Morgan fingerprint density at radius 3 is 2.52 bits per heavy atom. The second-order valence-corrected chi connectivity index (χ2v) is 10.0. The number of rotatable bonds is 6. The van der Waals surface area contributed by atoms with Gasteiger partial charge in [0.15, 0.2) is 5.78 Å². The Kier molecular flexibility index (Phi) is 7.05. The summed E-state index contributed by atoms with van der Waals surface area (Å²) in [5.74, 6) is 0.445. The number of amides is 1. The molecule has 2 fully saturated rings. The van der Waals surface area contributed by atoms with E-state index in [9.17, 15) is 9.59 Å². The van der Waals surface area contributed by atoms with Crippen LogP contribution in [0.25, 0.3) is 0 Å². The maximum atomic E-state index is 13.4. The monoisotopic (exact) mass is 451 g/mol. The van der Waals surface area contributed by atoms with E-state index >= 15 is 0 Å². The Morgan fingerprint density at radius 1 is 1.18 bits per heavy atom. The number of benzene rings is 1. The van der Waals surface area contributed by atoms with E-state index in [2.05, 4.69) is 41.3 Å². The zero-order chi connectivity index (χ0) is 23.7. The molecule has 1 N–H and O–H groups in total. The highest BCUT2D eigenvalue weighted by Crippen LogP contribution is 2.34. The molecule has 0 unspecified atom stereocenters. The van der Waals surface area contributed by atoms with Crippen LogP contribution in [0.4, 0.5) is 5.69 Å². The van der Waals surface area contributed by atoms with E-state index in [0.29, 0.717) is 29.5 Å². The molecular weight excluding hydrogens is 414 g/mol. The van der Waals surface area contributed by atoms with Crippen molar-refractivity contribution in [2.45, 2.75) is 52.0 Å². The number of likely N-dealkylation sites (tertiary alicyclic amines) is 1. The van der Waals surface area contributed by atoms with Gasteiger partial charge in [-0.3, -0.25) is 9.59 Å². The quantitative estimate of drug-likeness (QED) is 0.716. The number of ketones is 1. The lowest BCUT2D eigenvalue weighted by Gasteiger charge is -2.39. The number of hydrogen-bond acceptors (Lipinski definition) is 5. The Hall–Kier alpha value is -2.44. The Bertz CT molecular complexity index is 998. The number of likely N-dealkylation sites (N-methyl/N-ethyl adjacent to an activating group) is 1. The number of carbonyl (C=O) groups excluding carboxylic acids is 2. The third-order valence-electron chi connectivity index (χ3n) is 7.44. The molecule has 2 heterocycles. The van der Waals surface area contributed by atoms with Crippen LogP contribution in [-0.2, 0) is 9.53 Å². The summed E-state index contributed by atoms with van der Waals surface area (Å²) in [5.41, 5.74) is 6.79. The first kappa shape index (κ1) is 23.7. The van der Waals surface area contributed by atoms with Crippen molar-refractivity contribution >= 4 is 17.4 Å². The van der Waals surface area contributed by atoms with Crippen molar-refractivity contribution in [3.63, 3.8) is 0 Å². The Labute approximate surface area is 197 Å². The molecule has 0 spiro atoms. The van der Waals surface area contributed by atoms with Crippen LogP contribution in [-0.4, -0.2) is 69.6 Å². The summed E-state index contributed by atoms with van der Waals surface area (Å²) < 4.78 is 5.56. The third-order valence-corrected chi connectivity index (χ3v) is 7.44. The van der Waals surface area contributed by atoms with Crippen LogP contribution < -0.4 is 10.2 Å². The first-order valence-electron chi connectivity index (χ1n) is 12.1. The zero-order valence-electron chi connectivity index (χ0n) is 20.7. The molecule has 0 aromatic heterocycles. The molecule has 4 rings (SSSR count). The number of Topliss-reactive ketones (excluding diaryl/α,β-unsaturated/α-hetero) is 1. The molecule has 1 aromatic rings. The van der Waals surface area contributed by atoms with Gasteiger partial charge in [-0.05, 0) is 69.5 Å². The maximum Gasteiger partial charge on any atom is 0.251 e. The highest BCUT2D eigenvalue weighted by atomic mass is 16.5. The van der Waals surface area contributed by atoms with Crippen LogP contribution >= 0.6 is 0 Å². The highest BCUT2D eigenvalue weighted by Gasteiger charge is 2.29. The molecule has 2 saturated heterocycles. The standard InChI is InChI=1S/C27H37N3O3/c1-17-10-18(2)24(26(31)11-17)14-28-27(32)23-12-20(21-15-29(4)16-21)13-25(19(23)3)30(5)22-6-8-33-9-7-22/h10,12-13,21-22H,6-9,11,14-16H2,1-5H3,(H,28,32). The van der Waals surface area contributed by atoms with Gasteiger partial charge in [-0.1, -0.05) is 11.6 Å². The molecule has 3 aliphatic rings. The van der Waals surface area contributed by atoms with Crippen LogP contribution in [0.1, 0.15) is 60.5 Å². The van der Waals surface area contributed by atoms with Crippen molar-refractivity contribution in [1.82, 2.24) is 10.2 Å². The number of hydrogen-bond donors (Lipinski definition) is 1. The first-order valence-corrected chi connectivity index (χ1v) is 12.1. The van der Waals surface area contributed by atoms with Crippen LogP contribution in [0.5, 0.6) is 0 Å². The minimum atomic E-state index is -0.108. The van der Waals surface area contributed by atoms with Crippen molar-refractivity contribution in [3.8, 4) is 0 Å². The predicted octanol–water partition coefficient (Wildman–Crippen LogP) is 3.60. The molecule has 1 aromatic carbocycles. The molecule has 178 valence electrons. The summed E-state index contributed by atoms with van der Waals surface area (Å²) >= 11 is 0. The molecular formula is C27H37N3O3. The van der Waals surface area contributed by atoms with Crippen LogP contribution in [0.15, 0.2) is 34.9 Å². The molecule has 0 bridgehead atoms. The number of nitrogens with zero attached hydrogens (tertiary/aromatic N) is 2. The number of ether oxygens (including phenoxy) is 1. The smallest absolute Gasteiger partial charge is 0.251 e. The van der Waals surface area contributed by atoms with Gasteiger partial charge >= 0.3 is 0 Å². The Morgan fingerprint density at radius 2 is 1.88 bits per heavy atom. The fraction of sp³-hybridized carbons (Fsp3) is 0.556. The summed E-state index contributed by atoms with van der Waals surface area (Å²) in [5, 5.41) is 3.05. The fourth-order valence-corrected chi connectivity index (χ4v) is 5.33. The van der Waals surface area contributed by atoms with Gasteiger partial charge in [-0.25, -0.2) is 0 Å². The Balaban J connectivity index is 1.60. The van der Waals surface area contributed by atoms with E-state index in [1.807, 2.05) is 26.8 Å². The number of nitrogens with one attached hydrogen (secondary N) is 1. The summed E-state index contributed by atoms with van der Waals surface area (Å²) in [6.07, 6.45) is 4.47. The minimum absolute atomic E-state index is 0.107. The van der Waals surface area contributed by atoms with Gasteiger partial charge in [0.05, 0.1) is 0 Å². The van der Waals surface area contributed by atoms with Gasteiger partial charge < -0.3 is 19.9 Å². The zero-order valence-corrected chi connectivity index (χ0v) is 20.7. The van der Waals surface area contributed by atoms with Crippen molar-refractivity contribution in [2.24, 2.45) is 0 Å². The van der Waals surface area contributed by atoms with Crippen LogP contribution in [0, 0.1) is 6.92 Å². The number of anilines is 1. The van der Waals surface area contributed by atoms with Gasteiger partial charge in [-0.2, -0.15) is 0 Å².